The van der Waals surface area contributed by atoms with Crippen molar-refractivity contribution in [2.75, 3.05) is 37.8 Å². The Morgan fingerprint density at radius 2 is 2.07 bits per heavy atom. The first-order valence-corrected chi connectivity index (χ1v) is 12.5. The molecular formula is C21H32N6O2S. The highest BCUT2D eigenvalue weighted by Gasteiger charge is 2.33. The number of aromatic amines is 1. The number of hydrogen-bond donors (Lipinski definition) is 1. The Labute approximate surface area is 178 Å². The summed E-state index contributed by atoms with van der Waals surface area (Å²) in [4.78, 5) is 18.2. The Hall–Kier alpha value is -2.00. The zero-order valence-corrected chi connectivity index (χ0v) is 18.7. The third kappa shape index (κ3) is 4.51. The summed E-state index contributed by atoms with van der Waals surface area (Å²) in [5.74, 6) is 1.70. The van der Waals surface area contributed by atoms with Gasteiger partial charge in [-0.3, -0.25) is 0 Å². The van der Waals surface area contributed by atoms with E-state index in [-0.39, 0.29) is 17.6 Å². The van der Waals surface area contributed by atoms with Crippen LogP contribution in [0.5, 0.6) is 0 Å². The van der Waals surface area contributed by atoms with E-state index in [9.17, 15) is 8.42 Å². The summed E-state index contributed by atoms with van der Waals surface area (Å²) in [5, 5.41) is 1.03. The molecule has 2 aliphatic rings. The number of piperidine rings is 1. The maximum absolute atomic E-state index is 13.0. The summed E-state index contributed by atoms with van der Waals surface area (Å²) in [7, 11) is 0.626. The Morgan fingerprint density at radius 3 is 2.83 bits per heavy atom. The third-order valence-corrected chi connectivity index (χ3v) is 8.66. The Kier molecular flexibility index (Phi) is 6.38. The summed E-state index contributed by atoms with van der Waals surface area (Å²) in [6.07, 6.45) is 11.2. The molecular weight excluding hydrogens is 400 g/mol. The van der Waals surface area contributed by atoms with Crippen LogP contribution in [0.25, 0.3) is 11.0 Å². The molecule has 1 saturated heterocycles. The van der Waals surface area contributed by atoms with Gasteiger partial charge in [0.05, 0.1) is 11.1 Å². The van der Waals surface area contributed by atoms with E-state index in [1.165, 1.54) is 0 Å². The molecule has 1 saturated carbocycles. The number of fused-ring (bicyclic) bond motifs is 1. The standard InChI is InChI=1S/C21H32N6O2S/c1-22-12-17-4-3-11-27(13-17)30(28,29)14-16-5-7-18(8-6-16)26(2)21-19-9-10-23-20(19)24-15-25-21/h9-10,12,15-18H,3-8,11,13-14H2,1-2H3,(H,23,24,25). The monoisotopic (exact) mass is 432 g/mol. The lowest BCUT2D eigenvalue weighted by Crippen LogP contribution is -2.43. The second kappa shape index (κ2) is 9.01. The van der Waals surface area contributed by atoms with Crippen molar-refractivity contribution in [3.63, 3.8) is 0 Å². The van der Waals surface area contributed by atoms with Crippen LogP contribution in [-0.4, -0.2) is 72.9 Å². The molecule has 2 aromatic heterocycles. The minimum atomic E-state index is -3.21. The molecule has 0 aromatic carbocycles. The van der Waals surface area contributed by atoms with Crippen LogP contribution in [0.2, 0.25) is 0 Å². The fourth-order valence-corrected chi connectivity index (χ4v) is 6.94. The molecule has 1 aliphatic heterocycles. The average molecular weight is 433 g/mol. The summed E-state index contributed by atoms with van der Waals surface area (Å²) in [5.41, 5.74) is 0.847. The van der Waals surface area contributed by atoms with E-state index in [2.05, 4.69) is 31.9 Å². The van der Waals surface area contributed by atoms with E-state index >= 15 is 0 Å². The number of hydrogen-bond acceptors (Lipinski definition) is 6. The van der Waals surface area contributed by atoms with Gasteiger partial charge in [-0.1, -0.05) is 0 Å². The first-order chi connectivity index (χ1) is 14.5. The molecule has 9 heteroatoms. The lowest BCUT2D eigenvalue weighted by atomic mass is 9.86. The highest BCUT2D eigenvalue weighted by atomic mass is 32.2. The van der Waals surface area contributed by atoms with Crippen LogP contribution >= 0.6 is 0 Å². The predicted octanol–water partition coefficient (Wildman–Crippen LogP) is 2.70. The van der Waals surface area contributed by atoms with Crippen molar-refractivity contribution in [2.45, 2.75) is 44.6 Å². The molecule has 1 aliphatic carbocycles. The smallest absolute Gasteiger partial charge is 0.214 e. The van der Waals surface area contributed by atoms with Crippen molar-refractivity contribution in [3.05, 3.63) is 18.6 Å². The van der Waals surface area contributed by atoms with Gasteiger partial charge >= 0.3 is 0 Å². The lowest BCUT2D eigenvalue weighted by molar-refractivity contribution is 0.302. The maximum Gasteiger partial charge on any atom is 0.214 e. The summed E-state index contributed by atoms with van der Waals surface area (Å²) < 4.78 is 27.7. The van der Waals surface area contributed by atoms with E-state index in [0.717, 1.165) is 55.4 Å². The summed E-state index contributed by atoms with van der Waals surface area (Å²) in [6, 6.07) is 2.38. The summed E-state index contributed by atoms with van der Waals surface area (Å²) >= 11 is 0. The van der Waals surface area contributed by atoms with Crippen molar-refractivity contribution >= 4 is 33.1 Å². The van der Waals surface area contributed by atoms with Gasteiger partial charge in [-0.05, 0) is 50.5 Å². The molecule has 3 heterocycles. The third-order valence-electron chi connectivity index (χ3n) is 6.65. The number of sulfonamides is 1. The molecule has 2 aromatic rings. The zero-order valence-electron chi connectivity index (χ0n) is 17.9. The molecule has 8 nitrogen and oxygen atoms in total. The van der Waals surface area contributed by atoms with Gasteiger partial charge < -0.3 is 14.9 Å². The van der Waals surface area contributed by atoms with Crippen molar-refractivity contribution in [2.24, 2.45) is 16.8 Å². The number of aliphatic imine (C=N–C) groups is 1. The van der Waals surface area contributed by atoms with Gasteiger partial charge in [0.2, 0.25) is 10.0 Å². The van der Waals surface area contributed by atoms with Crippen molar-refractivity contribution < 1.29 is 8.42 Å². The van der Waals surface area contributed by atoms with Crippen LogP contribution in [-0.2, 0) is 10.0 Å². The lowest BCUT2D eigenvalue weighted by Gasteiger charge is -2.36. The second-order valence-corrected chi connectivity index (χ2v) is 10.7. The minimum Gasteiger partial charge on any atom is -0.356 e. The number of H-pyrrole nitrogens is 1. The molecule has 2 fully saturated rings. The van der Waals surface area contributed by atoms with Gasteiger partial charge in [0.1, 0.15) is 17.8 Å². The predicted molar refractivity (Wildman–Crippen MR) is 121 cm³/mol. The fourth-order valence-electron chi connectivity index (χ4n) is 4.97. The van der Waals surface area contributed by atoms with Gasteiger partial charge in [0.15, 0.2) is 0 Å². The largest absolute Gasteiger partial charge is 0.356 e. The quantitative estimate of drug-likeness (QED) is 0.708. The average Bonchev–Trinajstić information content (AvgIpc) is 3.23. The number of rotatable bonds is 6. The highest BCUT2D eigenvalue weighted by Crippen LogP contribution is 2.32. The molecule has 30 heavy (non-hydrogen) atoms. The van der Waals surface area contributed by atoms with Crippen LogP contribution in [0.15, 0.2) is 23.6 Å². The molecule has 0 bridgehead atoms. The van der Waals surface area contributed by atoms with Crippen LogP contribution in [0.1, 0.15) is 38.5 Å². The van der Waals surface area contributed by atoms with Gasteiger partial charge in [0.25, 0.3) is 0 Å². The molecule has 1 unspecified atom stereocenters. The van der Waals surface area contributed by atoms with E-state index in [1.807, 2.05) is 18.5 Å². The first kappa shape index (κ1) is 21.2. The first-order valence-electron chi connectivity index (χ1n) is 10.9. The second-order valence-electron chi connectivity index (χ2n) is 8.67. The summed E-state index contributed by atoms with van der Waals surface area (Å²) in [6.45, 7) is 1.23. The van der Waals surface area contributed by atoms with Crippen molar-refractivity contribution in [1.29, 1.82) is 0 Å². The van der Waals surface area contributed by atoms with E-state index < -0.39 is 10.0 Å². The van der Waals surface area contributed by atoms with Gasteiger partial charge in [-0.25, -0.2) is 22.7 Å². The zero-order chi connectivity index (χ0) is 21.1. The van der Waals surface area contributed by atoms with Gasteiger partial charge in [-0.2, -0.15) is 0 Å². The minimum absolute atomic E-state index is 0.234. The SMILES string of the molecule is CN=CC1CCCN(S(=O)(=O)CC2CCC(N(C)c3ncnc4[nH]ccc34)CC2)C1. The normalized spacial score (nSPS) is 26.4. The van der Waals surface area contributed by atoms with E-state index in [4.69, 9.17) is 0 Å². The Balaban J connectivity index is 1.35. The molecule has 1 N–H and O–H groups in total. The van der Waals surface area contributed by atoms with Gasteiger partial charge in [-0.15, -0.1) is 0 Å². The molecule has 0 radical (unpaired) electrons. The topological polar surface area (TPSA) is 94.6 Å². The molecule has 1 atom stereocenters. The van der Waals surface area contributed by atoms with Crippen LogP contribution in [0.4, 0.5) is 5.82 Å². The van der Waals surface area contributed by atoms with Crippen molar-refractivity contribution in [1.82, 2.24) is 19.3 Å². The number of anilines is 1. The molecule has 164 valence electrons. The van der Waals surface area contributed by atoms with E-state index in [0.29, 0.717) is 19.1 Å². The fraction of sp³-hybridized carbons (Fsp3) is 0.667. The molecule has 0 amide bonds. The van der Waals surface area contributed by atoms with Crippen LogP contribution < -0.4 is 4.90 Å². The Morgan fingerprint density at radius 1 is 1.27 bits per heavy atom. The number of nitrogens with zero attached hydrogens (tertiary/aromatic N) is 5. The maximum atomic E-state index is 13.0. The molecule has 4 rings (SSSR count). The number of nitrogens with one attached hydrogen (secondary N) is 1. The van der Waals surface area contributed by atoms with Crippen LogP contribution in [0, 0.1) is 11.8 Å². The van der Waals surface area contributed by atoms with Gasteiger partial charge in [0, 0.05) is 51.6 Å². The highest BCUT2D eigenvalue weighted by molar-refractivity contribution is 7.89. The number of aromatic nitrogens is 3. The Bertz CT molecular complexity index is 980. The van der Waals surface area contributed by atoms with Crippen molar-refractivity contribution in [3.8, 4) is 0 Å². The van der Waals surface area contributed by atoms with Crippen LogP contribution in [0.3, 0.4) is 0 Å². The van der Waals surface area contributed by atoms with E-state index in [1.54, 1.807) is 17.7 Å². The molecule has 0 spiro atoms.